The zero-order valence-corrected chi connectivity index (χ0v) is 8.75. The molecule has 2 saturated heterocycles. The number of nitrogens with zero attached hydrogens (tertiary/aromatic N) is 2. The molecule has 2 rings (SSSR count). The second kappa shape index (κ2) is 4.83. The van der Waals surface area contributed by atoms with E-state index < -0.39 is 0 Å². The third-order valence-corrected chi connectivity index (χ3v) is 2.38. The molecule has 0 atom stereocenters. The third-order valence-electron chi connectivity index (χ3n) is 2.38. The van der Waals surface area contributed by atoms with E-state index in [2.05, 4.69) is 5.32 Å². The minimum atomic E-state index is 0.0417. The summed E-state index contributed by atoms with van der Waals surface area (Å²) in [5.41, 5.74) is 0. The molecule has 0 unspecified atom stereocenters. The highest BCUT2D eigenvalue weighted by Gasteiger charge is 2.14. The molecule has 2 aliphatic heterocycles. The minimum Gasteiger partial charge on any atom is -0.346 e. The molecule has 0 saturated carbocycles. The van der Waals surface area contributed by atoms with Crippen LogP contribution >= 0.6 is 0 Å². The number of likely N-dealkylation sites (tertiary alicyclic amines) is 1. The van der Waals surface area contributed by atoms with Crippen molar-refractivity contribution in [3.63, 3.8) is 0 Å². The van der Waals surface area contributed by atoms with Crippen LogP contribution in [0.15, 0.2) is 0 Å². The normalized spacial score (nSPS) is 20.7. The second-order valence-electron chi connectivity index (χ2n) is 3.57. The molecule has 2 heterocycles. The average Bonchev–Trinajstić information content (AvgIpc) is 2.67. The molecular formula is C9H17N3O2. The molecule has 0 aliphatic carbocycles. The van der Waals surface area contributed by atoms with Gasteiger partial charge in [0.15, 0.2) is 0 Å². The van der Waals surface area contributed by atoms with Gasteiger partial charge < -0.3 is 15.1 Å². The van der Waals surface area contributed by atoms with Gasteiger partial charge in [0.2, 0.25) is 5.91 Å². The topological polar surface area (TPSA) is 52.7 Å². The van der Waals surface area contributed by atoms with Gasteiger partial charge in [-0.05, 0) is 6.42 Å². The fourth-order valence-electron chi connectivity index (χ4n) is 1.35. The van der Waals surface area contributed by atoms with E-state index in [9.17, 15) is 9.59 Å². The summed E-state index contributed by atoms with van der Waals surface area (Å²) in [6.07, 6.45) is 1.81. The van der Waals surface area contributed by atoms with Gasteiger partial charge in [0.05, 0.1) is 0 Å². The fourth-order valence-corrected chi connectivity index (χ4v) is 1.35. The quantitative estimate of drug-likeness (QED) is 0.591. The molecule has 2 aliphatic rings. The Morgan fingerprint density at radius 1 is 1.14 bits per heavy atom. The van der Waals surface area contributed by atoms with E-state index in [0.29, 0.717) is 5.91 Å². The van der Waals surface area contributed by atoms with Crippen LogP contribution in [0.2, 0.25) is 0 Å². The molecule has 0 spiro atoms. The standard InChI is InChI=1S/C5H9NO.C4H8N2O/c1-6-4-2-3-5(6)7;1-6-3-2-5-4(6)7/h2-4H2,1H3;2-3H2,1H3,(H,5,7). The van der Waals surface area contributed by atoms with Crippen LogP contribution in [0.3, 0.4) is 0 Å². The predicted molar refractivity (Wildman–Crippen MR) is 52.9 cm³/mol. The highest BCUT2D eigenvalue weighted by atomic mass is 16.2. The van der Waals surface area contributed by atoms with E-state index in [4.69, 9.17) is 0 Å². The molecule has 5 heteroatoms. The van der Waals surface area contributed by atoms with Crippen LogP contribution in [-0.4, -0.2) is 55.5 Å². The maximum atomic E-state index is 10.5. The summed E-state index contributed by atoms with van der Waals surface area (Å²) < 4.78 is 0. The Bertz CT molecular complexity index is 206. The Kier molecular flexibility index (Phi) is 3.73. The largest absolute Gasteiger partial charge is 0.346 e. The second-order valence-corrected chi connectivity index (χ2v) is 3.57. The summed E-state index contributed by atoms with van der Waals surface area (Å²) in [5.74, 6) is 0.292. The summed E-state index contributed by atoms with van der Waals surface area (Å²) in [5, 5.41) is 2.66. The first-order valence-corrected chi connectivity index (χ1v) is 4.84. The summed E-state index contributed by atoms with van der Waals surface area (Å²) >= 11 is 0. The Hall–Kier alpha value is -1.26. The van der Waals surface area contributed by atoms with E-state index >= 15 is 0 Å². The number of rotatable bonds is 0. The monoisotopic (exact) mass is 199 g/mol. The van der Waals surface area contributed by atoms with Gasteiger partial charge in [0.25, 0.3) is 0 Å². The van der Waals surface area contributed by atoms with Gasteiger partial charge >= 0.3 is 6.03 Å². The van der Waals surface area contributed by atoms with Crippen molar-refractivity contribution in [2.75, 3.05) is 33.7 Å². The van der Waals surface area contributed by atoms with Crippen molar-refractivity contribution in [1.29, 1.82) is 0 Å². The van der Waals surface area contributed by atoms with Crippen molar-refractivity contribution < 1.29 is 9.59 Å². The van der Waals surface area contributed by atoms with E-state index in [0.717, 1.165) is 32.5 Å². The summed E-state index contributed by atoms with van der Waals surface area (Å²) in [6.45, 7) is 2.60. The first-order chi connectivity index (χ1) is 6.61. The Morgan fingerprint density at radius 2 is 1.86 bits per heavy atom. The van der Waals surface area contributed by atoms with E-state index in [-0.39, 0.29) is 6.03 Å². The number of hydrogen-bond donors (Lipinski definition) is 1. The number of nitrogens with one attached hydrogen (secondary N) is 1. The lowest BCUT2D eigenvalue weighted by Gasteiger charge is -2.03. The molecule has 80 valence electrons. The SMILES string of the molecule is CN1CCCC1=O.CN1CCNC1=O. The van der Waals surface area contributed by atoms with Crippen LogP contribution in [0.25, 0.3) is 0 Å². The highest BCUT2D eigenvalue weighted by Crippen LogP contribution is 2.04. The summed E-state index contributed by atoms with van der Waals surface area (Å²) in [6, 6.07) is 0.0417. The Labute approximate surface area is 84.0 Å². The number of likely N-dealkylation sites (N-methyl/N-ethyl adjacent to an activating group) is 1. The number of carbonyl (C=O) groups is 2. The number of carbonyl (C=O) groups excluding carboxylic acids is 2. The lowest BCUT2D eigenvalue weighted by atomic mass is 10.4. The van der Waals surface area contributed by atoms with Gasteiger partial charge in [-0.3, -0.25) is 4.79 Å². The van der Waals surface area contributed by atoms with E-state index in [1.54, 1.807) is 16.8 Å². The van der Waals surface area contributed by atoms with Crippen LogP contribution in [0, 0.1) is 0 Å². The van der Waals surface area contributed by atoms with Gasteiger partial charge in [-0.2, -0.15) is 0 Å². The number of urea groups is 1. The molecule has 14 heavy (non-hydrogen) atoms. The number of amides is 3. The molecule has 5 nitrogen and oxygen atoms in total. The van der Waals surface area contributed by atoms with Gasteiger partial charge in [-0.25, -0.2) is 4.79 Å². The number of hydrogen-bond acceptors (Lipinski definition) is 2. The summed E-state index contributed by atoms with van der Waals surface area (Å²) in [7, 11) is 3.62. The molecule has 0 bridgehead atoms. The summed E-state index contributed by atoms with van der Waals surface area (Å²) in [4.78, 5) is 24.3. The minimum absolute atomic E-state index is 0.0417. The average molecular weight is 199 g/mol. The predicted octanol–water partition coefficient (Wildman–Crippen LogP) is -0.120. The first-order valence-electron chi connectivity index (χ1n) is 4.84. The van der Waals surface area contributed by atoms with Crippen LogP contribution in [0.4, 0.5) is 4.79 Å². The molecule has 0 radical (unpaired) electrons. The molecule has 0 aromatic heterocycles. The first kappa shape index (κ1) is 10.8. The van der Waals surface area contributed by atoms with Crippen molar-refractivity contribution in [2.45, 2.75) is 12.8 Å². The zero-order valence-electron chi connectivity index (χ0n) is 8.75. The molecule has 0 aromatic rings. The maximum Gasteiger partial charge on any atom is 0.317 e. The van der Waals surface area contributed by atoms with Crippen molar-refractivity contribution in [3.05, 3.63) is 0 Å². The van der Waals surface area contributed by atoms with E-state index in [1.165, 1.54) is 0 Å². The lowest BCUT2D eigenvalue weighted by molar-refractivity contribution is -0.126. The van der Waals surface area contributed by atoms with E-state index in [1.807, 2.05) is 7.05 Å². The third kappa shape index (κ3) is 2.90. The van der Waals surface area contributed by atoms with Crippen molar-refractivity contribution >= 4 is 11.9 Å². The van der Waals surface area contributed by atoms with Gasteiger partial charge in [0.1, 0.15) is 0 Å². The Balaban J connectivity index is 0.000000140. The van der Waals surface area contributed by atoms with Crippen molar-refractivity contribution in [3.8, 4) is 0 Å². The van der Waals surface area contributed by atoms with Crippen LogP contribution in [0.5, 0.6) is 0 Å². The van der Waals surface area contributed by atoms with Gasteiger partial charge in [0, 0.05) is 40.2 Å². The molecule has 2 fully saturated rings. The molecule has 1 N–H and O–H groups in total. The smallest absolute Gasteiger partial charge is 0.317 e. The van der Waals surface area contributed by atoms with Crippen LogP contribution < -0.4 is 5.32 Å². The maximum absolute atomic E-state index is 10.5. The van der Waals surface area contributed by atoms with Gasteiger partial charge in [-0.15, -0.1) is 0 Å². The highest BCUT2D eigenvalue weighted by molar-refractivity contribution is 5.77. The molecule has 3 amide bonds. The van der Waals surface area contributed by atoms with Crippen molar-refractivity contribution in [1.82, 2.24) is 15.1 Å². The van der Waals surface area contributed by atoms with Crippen LogP contribution in [-0.2, 0) is 4.79 Å². The Morgan fingerprint density at radius 3 is 2.00 bits per heavy atom. The molecule has 0 aromatic carbocycles. The molecular weight excluding hydrogens is 182 g/mol. The van der Waals surface area contributed by atoms with Crippen LogP contribution in [0.1, 0.15) is 12.8 Å². The lowest BCUT2D eigenvalue weighted by Crippen LogP contribution is -2.23. The van der Waals surface area contributed by atoms with Gasteiger partial charge in [-0.1, -0.05) is 0 Å². The van der Waals surface area contributed by atoms with Crippen molar-refractivity contribution in [2.24, 2.45) is 0 Å². The fraction of sp³-hybridized carbons (Fsp3) is 0.778. The zero-order chi connectivity index (χ0) is 10.6.